The molecule has 0 radical (unpaired) electrons. The van der Waals surface area contributed by atoms with Crippen LogP contribution < -0.4 is 5.73 Å². The van der Waals surface area contributed by atoms with Crippen LogP contribution in [0.5, 0.6) is 0 Å². The van der Waals surface area contributed by atoms with Crippen LogP contribution in [0.2, 0.25) is 0 Å². The number of hydrogen-bond acceptors (Lipinski definition) is 4. The van der Waals surface area contributed by atoms with Gasteiger partial charge < -0.3 is 15.8 Å². The Bertz CT molecular complexity index is 343. The van der Waals surface area contributed by atoms with Crippen molar-refractivity contribution in [3.05, 3.63) is 0 Å². The van der Waals surface area contributed by atoms with E-state index in [0.29, 0.717) is 12.3 Å². The SMILES string of the molecule is NC(=NO)C1CCCCN1C(=O)CC1CCSCC1. The molecule has 2 heterocycles. The van der Waals surface area contributed by atoms with Gasteiger partial charge in [-0.2, -0.15) is 11.8 Å². The molecule has 6 heteroatoms. The highest BCUT2D eigenvalue weighted by atomic mass is 32.2. The minimum absolute atomic E-state index is 0.173. The highest BCUT2D eigenvalue weighted by Gasteiger charge is 2.31. The maximum atomic E-state index is 12.4. The predicted octanol–water partition coefficient (Wildman–Crippen LogP) is 1.65. The number of rotatable bonds is 3. The van der Waals surface area contributed by atoms with E-state index in [9.17, 15) is 4.79 Å². The Hall–Kier alpha value is -0.910. The third-order valence-electron chi connectivity index (χ3n) is 4.08. The van der Waals surface area contributed by atoms with Gasteiger partial charge in [-0.15, -0.1) is 0 Å². The Morgan fingerprint density at radius 3 is 2.74 bits per heavy atom. The van der Waals surface area contributed by atoms with Crippen LogP contribution in [0.4, 0.5) is 0 Å². The summed E-state index contributed by atoms with van der Waals surface area (Å²) in [7, 11) is 0. The Labute approximate surface area is 118 Å². The molecule has 2 rings (SSSR count). The summed E-state index contributed by atoms with van der Waals surface area (Å²) in [6.07, 6.45) is 5.75. The molecule has 0 saturated carbocycles. The van der Waals surface area contributed by atoms with Gasteiger partial charge in [-0.1, -0.05) is 5.16 Å². The lowest BCUT2D eigenvalue weighted by Crippen LogP contribution is -2.51. The third-order valence-corrected chi connectivity index (χ3v) is 5.13. The first-order chi connectivity index (χ1) is 9.22. The molecule has 3 N–H and O–H groups in total. The molecule has 19 heavy (non-hydrogen) atoms. The lowest BCUT2D eigenvalue weighted by Gasteiger charge is -2.36. The summed E-state index contributed by atoms with van der Waals surface area (Å²) in [6, 6.07) is -0.204. The Kier molecular flexibility index (Phi) is 5.36. The quantitative estimate of drug-likeness (QED) is 0.358. The van der Waals surface area contributed by atoms with E-state index in [1.807, 2.05) is 16.7 Å². The smallest absolute Gasteiger partial charge is 0.223 e. The fourth-order valence-electron chi connectivity index (χ4n) is 2.92. The standard InChI is InChI=1S/C13H23N3O2S/c14-13(15-18)11-3-1-2-6-16(11)12(17)9-10-4-7-19-8-5-10/h10-11,18H,1-9H2,(H2,14,15). The largest absolute Gasteiger partial charge is 0.409 e. The number of carbonyl (C=O) groups is 1. The molecule has 2 aliphatic heterocycles. The average molecular weight is 285 g/mol. The van der Waals surface area contributed by atoms with E-state index in [0.717, 1.165) is 38.6 Å². The number of carbonyl (C=O) groups excluding carboxylic acids is 1. The summed E-state index contributed by atoms with van der Waals surface area (Å²) in [5, 5.41) is 11.9. The number of hydrogen-bond donors (Lipinski definition) is 2. The molecule has 1 atom stereocenters. The molecule has 2 aliphatic rings. The van der Waals surface area contributed by atoms with E-state index in [1.54, 1.807) is 0 Å². The monoisotopic (exact) mass is 285 g/mol. The summed E-state index contributed by atoms with van der Waals surface area (Å²) in [4.78, 5) is 14.2. The van der Waals surface area contributed by atoms with Crippen molar-refractivity contribution in [2.75, 3.05) is 18.1 Å². The van der Waals surface area contributed by atoms with E-state index in [1.165, 1.54) is 11.5 Å². The number of piperidine rings is 1. The normalized spacial score (nSPS) is 26.4. The van der Waals surface area contributed by atoms with Crippen molar-refractivity contribution in [2.45, 2.75) is 44.6 Å². The topological polar surface area (TPSA) is 78.9 Å². The predicted molar refractivity (Wildman–Crippen MR) is 77.4 cm³/mol. The maximum absolute atomic E-state index is 12.4. The third kappa shape index (κ3) is 3.78. The van der Waals surface area contributed by atoms with Crippen molar-refractivity contribution in [3.8, 4) is 0 Å². The zero-order chi connectivity index (χ0) is 13.7. The van der Waals surface area contributed by atoms with Crippen LogP contribution in [0.15, 0.2) is 5.16 Å². The number of thioether (sulfide) groups is 1. The molecule has 0 aromatic rings. The van der Waals surface area contributed by atoms with E-state index in [4.69, 9.17) is 10.9 Å². The van der Waals surface area contributed by atoms with Crippen molar-refractivity contribution in [3.63, 3.8) is 0 Å². The van der Waals surface area contributed by atoms with Crippen LogP contribution in [-0.2, 0) is 4.79 Å². The van der Waals surface area contributed by atoms with Crippen molar-refractivity contribution in [1.29, 1.82) is 0 Å². The highest BCUT2D eigenvalue weighted by Crippen LogP contribution is 2.27. The fourth-order valence-corrected chi connectivity index (χ4v) is 4.12. The second-order valence-corrected chi connectivity index (χ2v) is 6.61. The molecule has 5 nitrogen and oxygen atoms in total. The second-order valence-electron chi connectivity index (χ2n) is 5.38. The first-order valence-corrected chi connectivity index (χ1v) is 8.22. The van der Waals surface area contributed by atoms with Gasteiger partial charge in [0.15, 0.2) is 5.84 Å². The summed E-state index contributed by atoms with van der Waals surface area (Å²) >= 11 is 1.97. The average Bonchev–Trinajstić information content (AvgIpc) is 2.47. The molecular weight excluding hydrogens is 262 g/mol. The molecule has 0 aromatic heterocycles. The molecule has 1 amide bonds. The van der Waals surface area contributed by atoms with E-state index in [2.05, 4.69) is 5.16 Å². The van der Waals surface area contributed by atoms with Gasteiger partial charge in [-0.25, -0.2) is 0 Å². The van der Waals surface area contributed by atoms with Crippen molar-refractivity contribution < 1.29 is 10.0 Å². The lowest BCUT2D eigenvalue weighted by atomic mass is 9.95. The summed E-state index contributed by atoms with van der Waals surface area (Å²) < 4.78 is 0. The number of likely N-dealkylation sites (tertiary alicyclic amines) is 1. The number of nitrogens with zero attached hydrogens (tertiary/aromatic N) is 2. The van der Waals surface area contributed by atoms with E-state index < -0.39 is 0 Å². The summed E-state index contributed by atoms with van der Waals surface area (Å²) in [5.74, 6) is 3.20. The molecular formula is C13H23N3O2S. The van der Waals surface area contributed by atoms with Gasteiger partial charge in [0, 0.05) is 13.0 Å². The Balaban J connectivity index is 1.94. The van der Waals surface area contributed by atoms with Gasteiger partial charge in [0.1, 0.15) is 0 Å². The first-order valence-electron chi connectivity index (χ1n) is 7.07. The van der Waals surface area contributed by atoms with Gasteiger partial charge >= 0.3 is 0 Å². The van der Waals surface area contributed by atoms with Crippen LogP contribution in [0, 0.1) is 5.92 Å². The van der Waals surface area contributed by atoms with E-state index >= 15 is 0 Å². The van der Waals surface area contributed by atoms with Crippen LogP contribution in [0.25, 0.3) is 0 Å². The van der Waals surface area contributed by atoms with Gasteiger partial charge in [-0.3, -0.25) is 4.79 Å². The molecule has 0 bridgehead atoms. The van der Waals surface area contributed by atoms with Gasteiger partial charge in [0.25, 0.3) is 0 Å². The molecule has 2 fully saturated rings. The lowest BCUT2D eigenvalue weighted by molar-refractivity contribution is -0.134. The Morgan fingerprint density at radius 2 is 2.05 bits per heavy atom. The van der Waals surface area contributed by atoms with Crippen LogP contribution >= 0.6 is 11.8 Å². The zero-order valence-corrected chi connectivity index (χ0v) is 12.1. The van der Waals surface area contributed by atoms with Crippen LogP contribution in [0.3, 0.4) is 0 Å². The summed E-state index contributed by atoms with van der Waals surface area (Å²) in [5.41, 5.74) is 5.71. The Morgan fingerprint density at radius 1 is 1.32 bits per heavy atom. The van der Waals surface area contributed by atoms with Crippen LogP contribution in [0.1, 0.15) is 38.5 Å². The fraction of sp³-hybridized carbons (Fsp3) is 0.846. The molecule has 0 aliphatic carbocycles. The second kappa shape index (κ2) is 7.03. The molecule has 1 unspecified atom stereocenters. The van der Waals surface area contributed by atoms with Crippen molar-refractivity contribution >= 4 is 23.5 Å². The molecule has 108 valence electrons. The van der Waals surface area contributed by atoms with Gasteiger partial charge in [0.05, 0.1) is 6.04 Å². The molecule has 2 saturated heterocycles. The minimum atomic E-state index is -0.204. The number of amidine groups is 1. The highest BCUT2D eigenvalue weighted by molar-refractivity contribution is 7.99. The molecule has 0 spiro atoms. The minimum Gasteiger partial charge on any atom is -0.409 e. The first kappa shape index (κ1) is 14.5. The summed E-state index contributed by atoms with van der Waals surface area (Å²) in [6.45, 7) is 0.737. The van der Waals surface area contributed by atoms with Gasteiger partial charge in [-0.05, 0) is 49.5 Å². The number of nitrogens with two attached hydrogens (primary N) is 1. The van der Waals surface area contributed by atoms with Crippen LogP contribution in [-0.4, -0.2) is 45.9 Å². The van der Waals surface area contributed by atoms with E-state index in [-0.39, 0.29) is 17.8 Å². The maximum Gasteiger partial charge on any atom is 0.223 e. The van der Waals surface area contributed by atoms with Crippen molar-refractivity contribution in [1.82, 2.24) is 4.90 Å². The number of amides is 1. The zero-order valence-electron chi connectivity index (χ0n) is 11.3. The number of oxime groups is 1. The van der Waals surface area contributed by atoms with Crippen molar-refractivity contribution in [2.24, 2.45) is 16.8 Å². The molecule has 0 aromatic carbocycles. The van der Waals surface area contributed by atoms with Gasteiger partial charge in [0.2, 0.25) is 5.91 Å².